The number of carbonyl (C=O) groups is 1. The van der Waals surface area contributed by atoms with Crippen molar-refractivity contribution in [1.82, 2.24) is 4.90 Å². The zero-order valence-electron chi connectivity index (χ0n) is 13.7. The quantitative estimate of drug-likeness (QED) is 0.629. The third kappa shape index (κ3) is 6.85. The number of rotatable bonds is 9. The maximum Gasteiger partial charge on any atom is 0.179 e. The van der Waals surface area contributed by atoms with Crippen molar-refractivity contribution in [2.75, 3.05) is 19.6 Å². The molecule has 3 heteroatoms. The highest BCUT2D eigenvalue weighted by molar-refractivity contribution is 5.97. The summed E-state index contributed by atoms with van der Waals surface area (Å²) in [4.78, 5) is 14.4. The van der Waals surface area contributed by atoms with E-state index in [0.29, 0.717) is 18.4 Å². The molecule has 0 N–H and O–H groups in total. The van der Waals surface area contributed by atoms with Gasteiger partial charge >= 0.3 is 0 Å². The maximum atomic E-state index is 13.7. The summed E-state index contributed by atoms with van der Waals surface area (Å²) in [7, 11) is 0. The average Bonchev–Trinajstić information content (AvgIpc) is 2.41. The van der Waals surface area contributed by atoms with E-state index in [1.54, 1.807) is 18.2 Å². The van der Waals surface area contributed by atoms with E-state index in [0.717, 1.165) is 25.9 Å². The zero-order chi connectivity index (χ0) is 15.8. The van der Waals surface area contributed by atoms with Crippen molar-refractivity contribution in [1.29, 1.82) is 0 Å². The molecule has 1 aromatic rings. The van der Waals surface area contributed by atoms with Crippen molar-refractivity contribution in [3.05, 3.63) is 35.6 Å². The van der Waals surface area contributed by atoms with Crippen LogP contribution >= 0.6 is 0 Å². The molecule has 0 atom stereocenters. The molecule has 0 saturated heterocycles. The van der Waals surface area contributed by atoms with E-state index in [9.17, 15) is 9.18 Å². The molecule has 0 aliphatic carbocycles. The van der Waals surface area contributed by atoms with Gasteiger partial charge in [-0.25, -0.2) is 4.39 Å². The Balaban J connectivity index is 2.65. The Labute approximate surface area is 128 Å². The van der Waals surface area contributed by atoms with Crippen LogP contribution in [0.3, 0.4) is 0 Å². The first-order valence-corrected chi connectivity index (χ1v) is 7.90. The van der Waals surface area contributed by atoms with Crippen LogP contribution < -0.4 is 0 Å². The molecule has 0 unspecified atom stereocenters. The van der Waals surface area contributed by atoms with Gasteiger partial charge in [0.25, 0.3) is 0 Å². The number of carbonyl (C=O) groups excluding carboxylic acids is 1. The normalized spacial score (nSPS) is 11.6. The highest BCUT2D eigenvalue weighted by atomic mass is 19.1. The fraction of sp³-hybridized carbons (Fsp3) is 0.611. The van der Waals surface area contributed by atoms with Crippen LogP contribution in [-0.2, 0) is 0 Å². The number of nitrogens with zero attached hydrogens (tertiary/aromatic N) is 1. The van der Waals surface area contributed by atoms with Crippen LogP contribution in [0.1, 0.15) is 50.9 Å². The number of hydrogen-bond acceptors (Lipinski definition) is 2. The van der Waals surface area contributed by atoms with E-state index in [-0.39, 0.29) is 11.3 Å². The Morgan fingerprint density at radius 3 is 2.05 bits per heavy atom. The summed E-state index contributed by atoms with van der Waals surface area (Å²) in [5.41, 5.74) is 0.205. The molecule has 1 rings (SSSR count). The Morgan fingerprint density at radius 2 is 1.57 bits per heavy atom. The van der Waals surface area contributed by atoms with Crippen LogP contribution in [0.4, 0.5) is 4.39 Å². The Bertz CT molecular complexity index is 431. The van der Waals surface area contributed by atoms with Crippen molar-refractivity contribution in [2.24, 2.45) is 11.8 Å². The summed E-state index contributed by atoms with van der Waals surface area (Å²) >= 11 is 0. The van der Waals surface area contributed by atoms with Gasteiger partial charge in [0.05, 0.1) is 12.1 Å². The molecule has 0 bridgehead atoms. The van der Waals surface area contributed by atoms with Crippen molar-refractivity contribution < 1.29 is 9.18 Å². The molecule has 0 spiro atoms. The van der Waals surface area contributed by atoms with Crippen LogP contribution in [-0.4, -0.2) is 30.3 Å². The van der Waals surface area contributed by atoms with Crippen LogP contribution in [0.5, 0.6) is 0 Å². The largest absolute Gasteiger partial charge is 0.296 e. The third-order valence-corrected chi connectivity index (χ3v) is 3.59. The second-order valence-corrected chi connectivity index (χ2v) is 6.54. The third-order valence-electron chi connectivity index (χ3n) is 3.59. The van der Waals surface area contributed by atoms with Crippen molar-refractivity contribution in [3.63, 3.8) is 0 Å². The standard InChI is InChI=1S/C18H28FNO/c1-14(2)9-11-20(12-10-15(3)4)13-18(21)16-7-5-6-8-17(16)19/h5-8,14-15H,9-13H2,1-4H3. The van der Waals surface area contributed by atoms with E-state index >= 15 is 0 Å². The molecule has 0 radical (unpaired) electrons. The van der Waals surface area contributed by atoms with E-state index in [2.05, 4.69) is 32.6 Å². The van der Waals surface area contributed by atoms with Gasteiger partial charge in [0.15, 0.2) is 5.78 Å². The Kier molecular flexibility index (Phi) is 7.58. The zero-order valence-corrected chi connectivity index (χ0v) is 13.7. The first-order valence-electron chi connectivity index (χ1n) is 7.90. The van der Waals surface area contributed by atoms with Crippen LogP contribution in [0.2, 0.25) is 0 Å². The molecule has 0 heterocycles. The minimum atomic E-state index is -0.421. The second kappa shape index (κ2) is 8.93. The minimum Gasteiger partial charge on any atom is -0.296 e. The number of ketones is 1. The van der Waals surface area contributed by atoms with Crippen molar-refractivity contribution in [3.8, 4) is 0 Å². The van der Waals surface area contributed by atoms with Gasteiger partial charge in [0.2, 0.25) is 0 Å². The molecule has 1 aromatic carbocycles. The molecule has 0 amide bonds. The highest BCUT2D eigenvalue weighted by Gasteiger charge is 2.16. The van der Waals surface area contributed by atoms with Gasteiger partial charge < -0.3 is 0 Å². The lowest BCUT2D eigenvalue weighted by atomic mass is 10.1. The summed E-state index contributed by atoms with van der Waals surface area (Å²) in [5.74, 6) is 0.668. The van der Waals surface area contributed by atoms with Gasteiger partial charge in [-0.05, 0) is 49.9 Å². The Hall–Kier alpha value is -1.22. The summed E-state index contributed by atoms with van der Waals surface area (Å²) < 4.78 is 13.7. The molecule has 21 heavy (non-hydrogen) atoms. The molecule has 0 aliphatic rings. The molecule has 0 saturated carbocycles. The van der Waals surface area contributed by atoms with Gasteiger partial charge in [-0.1, -0.05) is 39.8 Å². The van der Waals surface area contributed by atoms with Gasteiger partial charge in [0, 0.05) is 0 Å². The number of hydrogen-bond donors (Lipinski definition) is 0. The minimum absolute atomic E-state index is 0.124. The summed E-state index contributed by atoms with van der Waals surface area (Å²) in [6.07, 6.45) is 2.12. The smallest absolute Gasteiger partial charge is 0.179 e. The molecular formula is C18H28FNO. The first-order chi connectivity index (χ1) is 9.90. The van der Waals surface area contributed by atoms with Crippen molar-refractivity contribution >= 4 is 5.78 Å². The van der Waals surface area contributed by atoms with Crippen molar-refractivity contribution in [2.45, 2.75) is 40.5 Å². The van der Waals surface area contributed by atoms with Gasteiger partial charge in [-0.2, -0.15) is 0 Å². The first kappa shape index (κ1) is 17.8. The molecule has 0 fully saturated rings. The Morgan fingerprint density at radius 1 is 1.05 bits per heavy atom. The fourth-order valence-corrected chi connectivity index (χ4v) is 2.13. The molecule has 118 valence electrons. The van der Waals surface area contributed by atoms with E-state index in [4.69, 9.17) is 0 Å². The number of Topliss-reactive ketones (excluding diaryl/α,β-unsaturated/α-hetero) is 1. The molecule has 2 nitrogen and oxygen atoms in total. The monoisotopic (exact) mass is 293 g/mol. The molecular weight excluding hydrogens is 265 g/mol. The predicted molar refractivity (Wildman–Crippen MR) is 86.1 cm³/mol. The molecule has 0 aromatic heterocycles. The van der Waals surface area contributed by atoms with E-state index in [1.807, 2.05) is 0 Å². The summed E-state index contributed by atoms with van der Waals surface area (Å²) in [6.45, 7) is 10.8. The lowest BCUT2D eigenvalue weighted by Gasteiger charge is -2.23. The van der Waals surface area contributed by atoms with E-state index in [1.165, 1.54) is 6.07 Å². The predicted octanol–water partition coefficient (Wildman–Crippen LogP) is 4.40. The van der Waals surface area contributed by atoms with Gasteiger partial charge in [-0.15, -0.1) is 0 Å². The number of halogens is 1. The fourth-order valence-electron chi connectivity index (χ4n) is 2.13. The van der Waals surface area contributed by atoms with Crippen LogP contribution in [0.15, 0.2) is 24.3 Å². The SMILES string of the molecule is CC(C)CCN(CCC(C)C)CC(=O)c1ccccc1F. The lowest BCUT2D eigenvalue weighted by molar-refractivity contribution is 0.0919. The van der Waals surface area contributed by atoms with Gasteiger partial charge in [0.1, 0.15) is 5.82 Å². The van der Waals surface area contributed by atoms with Gasteiger partial charge in [-0.3, -0.25) is 9.69 Å². The number of benzene rings is 1. The van der Waals surface area contributed by atoms with E-state index < -0.39 is 5.82 Å². The van der Waals surface area contributed by atoms with Crippen LogP contribution in [0, 0.1) is 17.7 Å². The second-order valence-electron chi connectivity index (χ2n) is 6.54. The topological polar surface area (TPSA) is 20.3 Å². The molecule has 0 aliphatic heterocycles. The summed E-state index contributed by atoms with van der Waals surface area (Å²) in [5, 5.41) is 0. The van der Waals surface area contributed by atoms with Crippen LogP contribution in [0.25, 0.3) is 0 Å². The average molecular weight is 293 g/mol. The highest BCUT2D eigenvalue weighted by Crippen LogP contribution is 2.11. The summed E-state index contributed by atoms with van der Waals surface area (Å²) in [6, 6.07) is 6.24. The maximum absolute atomic E-state index is 13.7. The lowest BCUT2D eigenvalue weighted by Crippen LogP contribution is -2.33.